The summed E-state index contributed by atoms with van der Waals surface area (Å²) in [5, 5.41) is 3.06. The van der Waals surface area contributed by atoms with E-state index in [1.807, 2.05) is 91.0 Å². The van der Waals surface area contributed by atoms with E-state index in [1.54, 1.807) is 0 Å². The van der Waals surface area contributed by atoms with Crippen LogP contribution in [0.2, 0.25) is 0 Å². The smallest absolute Gasteiger partial charge is 0.485 e. The van der Waals surface area contributed by atoms with E-state index in [2.05, 4.69) is 0 Å². The Balaban J connectivity index is 0.000000343. The Hall–Kier alpha value is -2.32. The minimum Gasteiger partial charge on any atom is -0.741 e. The lowest BCUT2D eigenvalue weighted by Crippen LogP contribution is -2.32. The van der Waals surface area contributed by atoms with Gasteiger partial charge in [0.05, 0.1) is 0 Å². The number of alkyl halides is 4. The van der Waals surface area contributed by atoms with Crippen LogP contribution < -0.4 is 15.9 Å². The van der Waals surface area contributed by atoms with Crippen molar-refractivity contribution in [2.75, 3.05) is 6.86 Å². The molecule has 0 radical (unpaired) electrons. The molecular formula is C20H17F4O4PS. The van der Waals surface area contributed by atoms with E-state index in [0.717, 1.165) is 15.9 Å². The Bertz CT molecular complexity index is 918. The summed E-state index contributed by atoms with van der Waals surface area (Å²) in [5.41, 5.74) is -5.65. The molecule has 0 aliphatic heterocycles. The summed E-state index contributed by atoms with van der Waals surface area (Å²) in [4.78, 5) is 0. The van der Waals surface area contributed by atoms with Gasteiger partial charge in [0, 0.05) is 0 Å². The Morgan fingerprint density at radius 3 is 1.20 bits per heavy atom. The maximum absolute atomic E-state index is 13.4. The average Bonchev–Trinajstić information content (AvgIpc) is 2.73. The van der Waals surface area contributed by atoms with Gasteiger partial charge in [-0.15, -0.1) is 0 Å². The first-order valence-electron chi connectivity index (χ1n) is 8.41. The minimum absolute atomic E-state index is 0.813. The van der Waals surface area contributed by atoms with Crippen LogP contribution in [0.4, 0.5) is 17.6 Å². The third-order valence-electron chi connectivity index (χ3n) is 3.89. The second-order valence-corrected chi connectivity index (χ2v) is 10.2. The van der Waals surface area contributed by atoms with Crippen molar-refractivity contribution in [1.29, 1.82) is 0 Å². The quantitative estimate of drug-likeness (QED) is 0.251. The zero-order valence-corrected chi connectivity index (χ0v) is 17.1. The van der Waals surface area contributed by atoms with Crippen molar-refractivity contribution in [2.24, 2.45) is 0 Å². The lowest BCUT2D eigenvalue weighted by Gasteiger charge is -2.24. The Kier molecular flexibility index (Phi) is 8.09. The fourth-order valence-corrected chi connectivity index (χ4v) is 5.92. The van der Waals surface area contributed by atoms with Gasteiger partial charge in [0.15, 0.2) is 10.1 Å². The average molecular weight is 460 g/mol. The van der Waals surface area contributed by atoms with Gasteiger partial charge in [-0.25, -0.2) is 12.8 Å². The molecule has 3 aromatic carbocycles. The molecule has 0 spiro atoms. The summed E-state index contributed by atoms with van der Waals surface area (Å²) >= 11 is 0. The first-order valence-corrected chi connectivity index (χ1v) is 11.5. The fraction of sp³-hybridized carbons (Fsp3) is 0.100. The van der Waals surface area contributed by atoms with Crippen molar-refractivity contribution < 1.29 is 35.1 Å². The predicted molar refractivity (Wildman–Crippen MR) is 108 cm³/mol. The van der Waals surface area contributed by atoms with Gasteiger partial charge < -0.3 is 4.55 Å². The molecule has 30 heavy (non-hydrogen) atoms. The van der Waals surface area contributed by atoms with E-state index in [0.29, 0.717) is 0 Å². The third kappa shape index (κ3) is 5.64. The molecule has 0 saturated heterocycles. The Labute approximate surface area is 172 Å². The summed E-state index contributed by atoms with van der Waals surface area (Å²) < 4.78 is 78.1. The minimum atomic E-state index is -6.09. The van der Waals surface area contributed by atoms with E-state index in [1.165, 1.54) is 0 Å². The molecule has 10 heteroatoms. The molecule has 160 valence electrons. The fourth-order valence-electron chi connectivity index (χ4n) is 2.66. The van der Waals surface area contributed by atoms with Gasteiger partial charge in [-0.1, -0.05) is 54.6 Å². The SMILES string of the molecule is FCO[P+](c1ccccc1)(c1ccccc1)c1ccccc1.O=S(=O)([O-])C(F)(F)F. The molecule has 0 heterocycles. The van der Waals surface area contributed by atoms with Gasteiger partial charge in [-0.2, -0.15) is 17.7 Å². The zero-order valence-electron chi connectivity index (χ0n) is 15.4. The van der Waals surface area contributed by atoms with Crippen LogP contribution in [0, 0.1) is 0 Å². The Morgan fingerprint density at radius 1 is 0.733 bits per heavy atom. The van der Waals surface area contributed by atoms with Gasteiger partial charge in [0.25, 0.3) is 0 Å². The monoisotopic (exact) mass is 460 g/mol. The van der Waals surface area contributed by atoms with Gasteiger partial charge >= 0.3 is 5.51 Å². The molecule has 4 nitrogen and oxygen atoms in total. The van der Waals surface area contributed by atoms with Gasteiger partial charge in [-0.05, 0) is 36.4 Å². The molecule has 0 aromatic heterocycles. The van der Waals surface area contributed by atoms with Crippen LogP contribution in [-0.2, 0) is 14.6 Å². The van der Waals surface area contributed by atoms with Crippen molar-refractivity contribution >= 4 is 33.5 Å². The molecule has 0 saturated carbocycles. The molecule has 0 unspecified atom stereocenters. The molecule has 0 aliphatic carbocycles. The normalized spacial score (nSPS) is 12.0. The van der Waals surface area contributed by atoms with Gasteiger partial charge in [0.1, 0.15) is 15.9 Å². The van der Waals surface area contributed by atoms with Crippen LogP contribution >= 0.6 is 7.49 Å². The van der Waals surface area contributed by atoms with Crippen LogP contribution in [0.1, 0.15) is 0 Å². The first kappa shape index (κ1) is 24.0. The van der Waals surface area contributed by atoms with Crippen molar-refractivity contribution in [3.05, 3.63) is 91.0 Å². The maximum atomic E-state index is 13.4. The zero-order chi connectivity index (χ0) is 22.3. The van der Waals surface area contributed by atoms with Crippen LogP contribution in [0.5, 0.6) is 0 Å². The molecule has 0 atom stereocenters. The van der Waals surface area contributed by atoms with Crippen molar-refractivity contribution in [2.45, 2.75) is 5.51 Å². The molecule has 0 amide bonds. The molecular weight excluding hydrogens is 443 g/mol. The molecule has 0 N–H and O–H groups in total. The molecule has 3 aromatic rings. The standard InChI is InChI=1S/C19H17FOP.CHF3O3S/c20-16-21-22(17-10-4-1-5-11-17,18-12-6-2-7-13-18)19-14-8-3-9-15-19;2-1(3,4)8(5,6)7/h1-15H,16H2;(H,5,6,7)/q+1;/p-1. The van der Waals surface area contributed by atoms with Gasteiger partial charge in [0.2, 0.25) is 14.4 Å². The summed E-state index contributed by atoms with van der Waals surface area (Å²) in [6.45, 7) is -0.813. The summed E-state index contributed by atoms with van der Waals surface area (Å²) in [7, 11) is -8.52. The molecule has 0 fully saturated rings. The highest BCUT2D eigenvalue weighted by Gasteiger charge is 2.48. The van der Waals surface area contributed by atoms with E-state index in [9.17, 15) is 17.6 Å². The highest BCUT2D eigenvalue weighted by Crippen LogP contribution is 2.56. The maximum Gasteiger partial charge on any atom is 0.485 e. The second-order valence-electron chi connectivity index (χ2n) is 5.75. The lowest BCUT2D eigenvalue weighted by molar-refractivity contribution is -0.0517. The van der Waals surface area contributed by atoms with Crippen LogP contribution in [-0.4, -0.2) is 25.3 Å². The predicted octanol–water partition coefficient (Wildman–Crippen LogP) is 3.89. The highest BCUT2D eigenvalue weighted by atomic mass is 32.2. The second kappa shape index (κ2) is 10.1. The van der Waals surface area contributed by atoms with E-state index in [-0.39, 0.29) is 0 Å². The molecule has 0 aliphatic rings. The summed E-state index contributed by atoms with van der Waals surface area (Å²) in [6.07, 6.45) is 0. The van der Waals surface area contributed by atoms with Crippen molar-refractivity contribution in [3.63, 3.8) is 0 Å². The number of hydrogen-bond acceptors (Lipinski definition) is 4. The number of halogens is 4. The van der Waals surface area contributed by atoms with Crippen molar-refractivity contribution in [3.8, 4) is 0 Å². The summed E-state index contributed by atoms with van der Waals surface area (Å²) in [5.74, 6) is 0. The first-order chi connectivity index (χ1) is 14.1. The van der Waals surface area contributed by atoms with Crippen LogP contribution in [0.15, 0.2) is 91.0 Å². The van der Waals surface area contributed by atoms with Gasteiger partial charge in [-0.3, -0.25) is 0 Å². The molecule has 3 rings (SSSR count). The van der Waals surface area contributed by atoms with E-state index in [4.69, 9.17) is 17.5 Å². The Morgan fingerprint density at radius 2 is 1.00 bits per heavy atom. The van der Waals surface area contributed by atoms with E-state index >= 15 is 0 Å². The number of rotatable bonds is 5. The molecule has 0 bridgehead atoms. The summed E-state index contributed by atoms with van der Waals surface area (Å²) in [6, 6.07) is 29.8. The number of benzene rings is 3. The van der Waals surface area contributed by atoms with Crippen LogP contribution in [0.25, 0.3) is 0 Å². The lowest BCUT2D eigenvalue weighted by atomic mass is 10.4. The largest absolute Gasteiger partial charge is 0.741 e. The topological polar surface area (TPSA) is 66.4 Å². The van der Waals surface area contributed by atoms with Crippen molar-refractivity contribution in [1.82, 2.24) is 0 Å². The number of hydrogen-bond donors (Lipinski definition) is 0. The van der Waals surface area contributed by atoms with Crippen LogP contribution in [0.3, 0.4) is 0 Å². The third-order valence-corrected chi connectivity index (χ3v) is 8.01. The highest BCUT2D eigenvalue weighted by molar-refractivity contribution is 7.91. The van der Waals surface area contributed by atoms with E-state index < -0.39 is 30.0 Å².